The molecule has 0 spiro atoms. The van der Waals surface area contributed by atoms with Gasteiger partial charge in [-0.3, -0.25) is 4.79 Å². The minimum Gasteiger partial charge on any atom is -0.495 e. The van der Waals surface area contributed by atoms with Crippen molar-refractivity contribution >= 4 is 11.6 Å². The number of carbonyl (C=O) groups excluding carboxylic acids is 1. The van der Waals surface area contributed by atoms with Crippen LogP contribution in [0.25, 0.3) is 0 Å². The maximum Gasteiger partial charge on any atom is 0.259 e. The molecule has 0 bridgehead atoms. The maximum absolute atomic E-state index is 12.4. The van der Waals surface area contributed by atoms with E-state index >= 15 is 0 Å². The number of amides is 1. The molecule has 0 aliphatic heterocycles. The lowest BCUT2D eigenvalue weighted by Crippen LogP contribution is -2.14. The molecule has 5 nitrogen and oxygen atoms in total. The molecule has 0 saturated heterocycles. The Morgan fingerprint density at radius 2 is 1.52 bits per heavy atom. The second-order valence-electron chi connectivity index (χ2n) is 4.20. The topological polar surface area (TPSA) is 56.8 Å². The zero-order valence-corrected chi connectivity index (χ0v) is 12.2. The van der Waals surface area contributed by atoms with Crippen LogP contribution >= 0.6 is 0 Å². The highest BCUT2D eigenvalue weighted by Crippen LogP contribution is 2.32. The summed E-state index contributed by atoms with van der Waals surface area (Å²) in [6.45, 7) is 0. The van der Waals surface area contributed by atoms with Gasteiger partial charge in [0, 0.05) is 0 Å². The zero-order chi connectivity index (χ0) is 15.2. The van der Waals surface area contributed by atoms with Crippen molar-refractivity contribution in [3.63, 3.8) is 0 Å². The first kappa shape index (κ1) is 14.7. The number of para-hydroxylation sites is 3. The number of anilines is 1. The van der Waals surface area contributed by atoms with E-state index in [4.69, 9.17) is 14.2 Å². The number of hydrogen-bond acceptors (Lipinski definition) is 4. The standard InChI is InChI=1S/C16H17NO4/c1-19-13-9-5-4-8-12(13)17-16(18)11-7-6-10-14(20-2)15(11)21-3/h4-10H,1-3H3,(H,17,18). The third kappa shape index (κ3) is 3.08. The molecule has 1 amide bonds. The van der Waals surface area contributed by atoms with E-state index in [-0.39, 0.29) is 5.91 Å². The van der Waals surface area contributed by atoms with Crippen LogP contribution in [0.15, 0.2) is 42.5 Å². The van der Waals surface area contributed by atoms with Gasteiger partial charge in [0.1, 0.15) is 5.75 Å². The van der Waals surface area contributed by atoms with E-state index in [1.54, 1.807) is 37.4 Å². The molecule has 2 aromatic rings. The Morgan fingerprint density at radius 1 is 0.857 bits per heavy atom. The molecule has 21 heavy (non-hydrogen) atoms. The molecule has 0 fully saturated rings. The van der Waals surface area contributed by atoms with E-state index < -0.39 is 0 Å². The average Bonchev–Trinajstić information content (AvgIpc) is 2.54. The van der Waals surface area contributed by atoms with Gasteiger partial charge >= 0.3 is 0 Å². The normalized spacial score (nSPS) is 9.86. The summed E-state index contributed by atoms with van der Waals surface area (Å²) in [6, 6.07) is 12.3. The first-order valence-electron chi connectivity index (χ1n) is 6.36. The van der Waals surface area contributed by atoms with Crippen molar-refractivity contribution in [1.82, 2.24) is 0 Å². The molecule has 0 unspecified atom stereocenters. The zero-order valence-electron chi connectivity index (χ0n) is 12.2. The van der Waals surface area contributed by atoms with Gasteiger partial charge in [-0.05, 0) is 24.3 Å². The van der Waals surface area contributed by atoms with E-state index in [1.165, 1.54) is 14.2 Å². The van der Waals surface area contributed by atoms with Gasteiger partial charge in [0.25, 0.3) is 5.91 Å². The molecule has 0 atom stereocenters. The van der Waals surface area contributed by atoms with Crippen molar-refractivity contribution in [3.8, 4) is 17.2 Å². The lowest BCUT2D eigenvalue weighted by molar-refractivity contribution is 0.102. The summed E-state index contributed by atoms with van der Waals surface area (Å²) in [7, 11) is 4.58. The molecule has 0 radical (unpaired) electrons. The minimum absolute atomic E-state index is 0.296. The van der Waals surface area contributed by atoms with Crippen LogP contribution in [0.3, 0.4) is 0 Å². The van der Waals surface area contributed by atoms with Crippen molar-refractivity contribution in [3.05, 3.63) is 48.0 Å². The van der Waals surface area contributed by atoms with Gasteiger partial charge in [-0.2, -0.15) is 0 Å². The lowest BCUT2D eigenvalue weighted by Gasteiger charge is -2.13. The largest absolute Gasteiger partial charge is 0.495 e. The Hall–Kier alpha value is -2.69. The number of nitrogens with one attached hydrogen (secondary N) is 1. The summed E-state index contributed by atoms with van der Waals surface area (Å²) >= 11 is 0. The molecular weight excluding hydrogens is 270 g/mol. The van der Waals surface area contributed by atoms with Crippen LogP contribution in [0.5, 0.6) is 17.2 Å². The van der Waals surface area contributed by atoms with Gasteiger partial charge < -0.3 is 19.5 Å². The third-order valence-corrected chi connectivity index (χ3v) is 3.00. The Balaban J connectivity index is 2.33. The molecule has 0 aliphatic rings. The predicted molar refractivity (Wildman–Crippen MR) is 80.5 cm³/mol. The highest BCUT2D eigenvalue weighted by atomic mass is 16.5. The summed E-state index contributed by atoms with van der Waals surface area (Å²) < 4.78 is 15.7. The molecule has 2 rings (SSSR count). The Labute approximate surface area is 123 Å². The highest BCUT2D eigenvalue weighted by molar-refractivity contribution is 6.07. The van der Waals surface area contributed by atoms with Gasteiger partial charge in [-0.25, -0.2) is 0 Å². The van der Waals surface area contributed by atoms with Crippen LogP contribution in [0.2, 0.25) is 0 Å². The number of methoxy groups -OCH3 is 3. The number of ether oxygens (including phenoxy) is 3. The predicted octanol–water partition coefficient (Wildman–Crippen LogP) is 2.96. The second kappa shape index (κ2) is 6.65. The smallest absolute Gasteiger partial charge is 0.259 e. The van der Waals surface area contributed by atoms with Gasteiger partial charge in [-0.1, -0.05) is 18.2 Å². The molecule has 110 valence electrons. The first-order valence-corrected chi connectivity index (χ1v) is 6.36. The van der Waals surface area contributed by atoms with Crippen LogP contribution in [0.4, 0.5) is 5.69 Å². The summed E-state index contributed by atoms with van der Waals surface area (Å²) in [5.74, 6) is 1.19. The SMILES string of the molecule is COc1ccccc1NC(=O)c1cccc(OC)c1OC. The fraction of sp³-hybridized carbons (Fsp3) is 0.188. The quantitative estimate of drug-likeness (QED) is 0.918. The van der Waals surface area contributed by atoms with Gasteiger partial charge in [-0.15, -0.1) is 0 Å². The van der Waals surface area contributed by atoms with Crippen molar-refractivity contribution in [2.75, 3.05) is 26.6 Å². The lowest BCUT2D eigenvalue weighted by atomic mass is 10.1. The summed E-state index contributed by atoms with van der Waals surface area (Å²) in [5.41, 5.74) is 0.984. The van der Waals surface area contributed by atoms with Gasteiger partial charge in [0.05, 0.1) is 32.6 Å². The number of carbonyl (C=O) groups is 1. The molecule has 0 aromatic heterocycles. The van der Waals surface area contributed by atoms with E-state index in [1.807, 2.05) is 12.1 Å². The van der Waals surface area contributed by atoms with Crippen LogP contribution in [-0.2, 0) is 0 Å². The Morgan fingerprint density at radius 3 is 2.19 bits per heavy atom. The van der Waals surface area contributed by atoms with E-state index in [9.17, 15) is 4.79 Å². The summed E-state index contributed by atoms with van der Waals surface area (Å²) in [6.07, 6.45) is 0. The van der Waals surface area contributed by atoms with Crippen LogP contribution in [-0.4, -0.2) is 27.2 Å². The highest BCUT2D eigenvalue weighted by Gasteiger charge is 2.17. The van der Waals surface area contributed by atoms with Crippen LogP contribution in [0.1, 0.15) is 10.4 Å². The average molecular weight is 287 g/mol. The molecule has 5 heteroatoms. The fourth-order valence-corrected chi connectivity index (χ4v) is 2.00. The van der Waals surface area contributed by atoms with Crippen molar-refractivity contribution in [2.45, 2.75) is 0 Å². The van der Waals surface area contributed by atoms with Gasteiger partial charge in [0.15, 0.2) is 11.5 Å². The van der Waals surface area contributed by atoms with Crippen molar-refractivity contribution in [2.24, 2.45) is 0 Å². The number of hydrogen-bond donors (Lipinski definition) is 1. The van der Waals surface area contributed by atoms with Crippen LogP contribution in [0, 0.1) is 0 Å². The number of rotatable bonds is 5. The third-order valence-electron chi connectivity index (χ3n) is 3.00. The fourth-order valence-electron chi connectivity index (χ4n) is 2.00. The van der Waals surface area contributed by atoms with E-state index in [0.717, 1.165) is 0 Å². The molecular formula is C16H17NO4. The minimum atomic E-state index is -0.296. The van der Waals surface area contributed by atoms with E-state index in [2.05, 4.69) is 5.32 Å². The first-order chi connectivity index (χ1) is 10.2. The molecule has 2 aromatic carbocycles. The molecule has 1 N–H and O–H groups in total. The van der Waals surface area contributed by atoms with Crippen molar-refractivity contribution < 1.29 is 19.0 Å². The number of benzene rings is 2. The summed E-state index contributed by atoms with van der Waals surface area (Å²) in [4.78, 5) is 12.4. The van der Waals surface area contributed by atoms with E-state index in [0.29, 0.717) is 28.5 Å². The summed E-state index contributed by atoms with van der Waals surface area (Å²) in [5, 5.41) is 2.80. The molecule has 0 heterocycles. The van der Waals surface area contributed by atoms with Gasteiger partial charge in [0.2, 0.25) is 0 Å². The van der Waals surface area contributed by atoms with Crippen LogP contribution < -0.4 is 19.5 Å². The molecule has 0 aliphatic carbocycles. The second-order valence-corrected chi connectivity index (χ2v) is 4.20. The maximum atomic E-state index is 12.4. The monoisotopic (exact) mass is 287 g/mol. The van der Waals surface area contributed by atoms with Crippen molar-refractivity contribution in [1.29, 1.82) is 0 Å². The Kier molecular flexibility index (Phi) is 4.66. The Bertz CT molecular complexity index is 640. The molecule has 0 saturated carbocycles.